The Morgan fingerprint density at radius 1 is 0.125 bits per heavy atom. The Labute approximate surface area is 694 Å². The Balaban J connectivity index is 0.000000149. The highest BCUT2D eigenvalue weighted by atomic mass is 15.0. The van der Waals surface area contributed by atoms with Gasteiger partial charge in [-0.15, -0.1) is 0 Å². The SMILES string of the molecule is c1ccc(-c2cc(-c3ccccc3)cc(-c3nc(-c4ccccc4)nc(-c4ccc(-c5ccc(-c6cccc7c(-c8ccccc8)nc8ccccc8c67)cc5)cc4)n3)c2)cc1.c1ccc(-c2nc3ccccc3c3c(-c4ccc(-c5ccc(-c6nc(-c7ccc8ccccc8c7)nc(-c7ccc8ccccc8c7)n6)cc5)cc4)cccc23)cc1. The zero-order chi connectivity index (χ0) is 79.7. The van der Waals surface area contributed by atoms with Gasteiger partial charge in [-0.2, -0.15) is 0 Å². The molecule has 0 N–H and O–H groups in total. The van der Waals surface area contributed by atoms with Crippen molar-refractivity contribution in [3.8, 4) is 158 Å². The predicted octanol–water partition coefficient (Wildman–Crippen LogP) is 28.8. The maximum atomic E-state index is 5.16. The third-order valence-electron chi connectivity index (χ3n) is 22.6. The fourth-order valence-corrected chi connectivity index (χ4v) is 16.5. The molecule has 0 atom stereocenters. The van der Waals surface area contributed by atoms with E-state index in [1.54, 1.807) is 0 Å². The summed E-state index contributed by atoms with van der Waals surface area (Å²) in [6.45, 7) is 0. The second-order valence-corrected chi connectivity index (χ2v) is 30.1. The fraction of sp³-hybridized carbons (Fsp3) is 0. The maximum absolute atomic E-state index is 5.16. The molecule has 18 aromatic carbocycles. The van der Waals surface area contributed by atoms with Crippen molar-refractivity contribution in [2.24, 2.45) is 0 Å². The minimum atomic E-state index is 0.620. The van der Waals surface area contributed by atoms with Gasteiger partial charge in [-0.1, -0.05) is 394 Å². The number of aromatic nitrogens is 8. The summed E-state index contributed by atoms with van der Waals surface area (Å²) in [5.74, 6) is 3.80. The normalized spacial score (nSPS) is 11.3. The van der Waals surface area contributed by atoms with Crippen LogP contribution >= 0.6 is 0 Å². The van der Waals surface area contributed by atoms with Crippen LogP contribution in [0.15, 0.2) is 437 Å². The summed E-state index contributed by atoms with van der Waals surface area (Å²) in [4.78, 5) is 40.8. The van der Waals surface area contributed by atoms with Crippen LogP contribution in [0, 0.1) is 0 Å². The molecular formula is C112H72N8. The van der Waals surface area contributed by atoms with Gasteiger partial charge in [-0.05, 0) is 131 Å². The lowest BCUT2D eigenvalue weighted by Gasteiger charge is -2.14. The van der Waals surface area contributed by atoms with Crippen molar-refractivity contribution < 1.29 is 0 Å². The van der Waals surface area contributed by atoms with E-state index in [1.165, 1.54) is 32.7 Å². The van der Waals surface area contributed by atoms with Gasteiger partial charge in [0, 0.05) is 76.8 Å². The Hall–Kier alpha value is -16.2. The van der Waals surface area contributed by atoms with Crippen LogP contribution in [-0.2, 0) is 0 Å². The van der Waals surface area contributed by atoms with E-state index in [0.717, 1.165) is 155 Å². The highest BCUT2D eigenvalue weighted by molar-refractivity contribution is 6.18. The van der Waals surface area contributed by atoms with Gasteiger partial charge in [0.05, 0.1) is 22.4 Å². The summed E-state index contributed by atoms with van der Waals surface area (Å²) in [6.07, 6.45) is 0. The second kappa shape index (κ2) is 31.6. The van der Waals surface area contributed by atoms with E-state index in [2.05, 4.69) is 382 Å². The van der Waals surface area contributed by atoms with Gasteiger partial charge in [0.1, 0.15) is 0 Å². The molecule has 120 heavy (non-hydrogen) atoms. The van der Waals surface area contributed by atoms with E-state index in [0.29, 0.717) is 34.9 Å². The molecule has 0 amide bonds. The number of nitrogens with zero attached hydrogens (tertiary/aromatic N) is 8. The molecule has 560 valence electrons. The number of hydrogen-bond donors (Lipinski definition) is 0. The van der Waals surface area contributed by atoms with Crippen LogP contribution in [0.2, 0.25) is 0 Å². The van der Waals surface area contributed by atoms with Gasteiger partial charge >= 0.3 is 0 Å². The molecule has 0 aliphatic heterocycles. The number of pyridine rings is 2. The Kier molecular flexibility index (Phi) is 18.8. The molecule has 0 unspecified atom stereocenters. The molecule has 0 aliphatic rings. The summed E-state index contributed by atoms with van der Waals surface area (Å²) in [5, 5.41) is 11.7. The highest BCUT2D eigenvalue weighted by Gasteiger charge is 2.21. The van der Waals surface area contributed by atoms with Crippen LogP contribution in [0.3, 0.4) is 0 Å². The van der Waals surface area contributed by atoms with Crippen molar-refractivity contribution in [3.05, 3.63) is 437 Å². The molecule has 0 fully saturated rings. The van der Waals surface area contributed by atoms with E-state index >= 15 is 0 Å². The minimum absolute atomic E-state index is 0.620. The molecule has 0 bridgehead atoms. The first-order chi connectivity index (χ1) is 59.4. The number of para-hydroxylation sites is 2. The molecule has 0 saturated heterocycles. The highest BCUT2D eigenvalue weighted by Crippen LogP contribution is 2.43. The third kappa shape index (κ3) is 14.2. The number of benzene rings is 18. The fourth-order valence-electron chi connectivity index (χ4n) is 16.5. The molecule has 4 aromatic heterocycles. The molecule has 0 radical (unpaired) electrons. The lowest BCUT2D eigenvalue weighted by atomic mass is 9.92. The quantitative estimate of drug-likeness (QED) is 0.0992. The monoisotopic (exact) mass is 1530 g/mol. The van der Waals surface area contributed by atoms with Gasteiger partial charge in [-0.3, -0.25) is 0 Å². The summed E-state index contributed by atoms with van der Waals surface area (Å²) in [7, 11) is 0. The van der Waals surface area contributed by atoms with E-state index in [1.807, 2.05) is 54.6 Å². The topological polar surface area (TPSA) is 103 Å². The number of hydrogen-bond acceptors (Lipinski definition) is 8. The zero-order valence-electron chi connectivity index (χ0n) is 65.1. The molecule has 0 spiro atoms. The lowest BCUT2D eigenvalue weighted by Crippen LogP contribution is -2.00. The summed E-state index contributed by atoms with van der Waals surface area (Å²) < 4.78 is 0. The van der Waals surface area contributed by atoms with Gasteiger partial charge < -0.3 is 0 Å². The first kappa shape index (κ1) is 71.6. The molecular weight excluding hydrogens is 1460 g/mol. The Morgan fingerprint density at radius 2 is 0.375 bits per heavy atom. The molecule has 0 aliphatic carbocycles. The van der Waals surface area contributed by atoms with Gasteiger partial charge in [0.2, 0.25) is 0 Å². The number of rotatable bonds is 14. The second-order valence-electron chi connectivity index (χ2n) is 30.1. The first-order valence-corrected chi connectivity index (χ1v) is 40.4. The average Bonchev–Trinajstić information content (AvgIpc) is 0.801. The van der Waals surface area contributed by atoms with Crippen molar-refractivity contribution in [2.45, 2.75) is 0 Å². The van der Waals surface area contributed by atoms with Crippen LogP contribution in [0.25, 0.3) is 222 Å². The van der Waals surface area contributed by atoms with E-state index in [4.69, 9.17) is 39.9 Å². The summed E-state index contributed by atoms with van der Waals surface area (Å²) >= 11 is 0. The van der Waals surface area contributed by atoms with E-state index < -0.39 is 0 Å². The van der Waals surface area contributed by atoms with Gasteiger partial charge in [-0.25, -0.2) is 39.9 Å². The number of fused-ring (bicyclic) bond motifs is 8. The van der Waals surface area contributed by atoms with Crippen LogP contribution in [-0.4, -0.2) is 39.9 Å². The van der Waals surface area contributed by atoms with Crippen molar-refractivity contribution in [2.75, 3.05) is 0 Å². The van der Waals surface area contributed by atoms with Crippen LogP contribution in [0.5, 0.6) is 0 Å². The molecule has 4 heterocycles. The van der Waals surface area contributed by atoms with Crippen LogP contribution in [0.1, 0.15) is 0 Å². The molecule has 8 heteroatoms. The first-order valence-electron chi connectivity index (χ1n) is 40.4. The van der Waals surface area contributed by atoms with E-state index in [-0.39, 0.29) is 0 Å². The average molecular weight is 1530 g/mol. The third-order valence-corrected chi connectivity index (χ3v) is 22.6. The van der Waals surface area contributed by atoms with Gasteiger partial charge in [0.15, 0.2) is 34.9 Å². The Bertz CT molecular complexity index is 7430. The van der Waals surface area contributed by atoms with Crippen molar-refractivity contribution in [3.63, 3.8) is 0 Å². The molecule has 0 saturated carbocycles. The van der Waals surface area contributed by atoms with Crippen LogP contribution in [0.4, 0.5) is 0 Å². The van der Waals surface area contributed by atoms with Crippen molar-refractivity contribution >= 4 is 64.9 Å². The molecule has 22 aromatic rings. The molecule has 22 rings (SSSR count). The maximum Gasteiger partial charge on any atom is 0.164 e. The van der Waals surface area contributed by atoms with Gasteiger partial charge in [0.25, 0.3) is 0 Å². The smallest absolute Gasteiger partial charge is 0.164 e. The molecule has 8 nitrogen and oxygen atoms in total. The Morgan fingerprint density at radius 3 is 0.750 bits per heavy atom. The summed E-state index contributed by atoms with van der Waals surface area (Å²) in [5.41, 5.74) is 25.5. The van der Waals surface area contributed by atoms with Crippen molar-refractivity contribution in [1.29, 1.82) is 0 Å². The van der Waals surface area contributed by atoms with Crippen molar-refractivity contribution in [1.82, 2.24) is 39.9 Å². The zero-order valence-corrected chi connectivity index (χ0v) is 65.1. The standard InChI is InChI=1S/C58H38N4.C54H34N4/c1-5-16-39(17-6-1)47-36-48(40-18-7-2-8-19-40)38-49(37-47)58-61-56(45-22-11-4-12-23-45)60-57(62-58)46-34-30-42(31-35-46)41-28-32-43(33-29-41)50-25-15-26-52-54(50)51-24-13-14-27-53(51)59-55(52)44-20-9-3-10-21-44;1-2-13-40(14-3-1)51-48-19-10-18-46(50(48)47-17-8-9-20-49(47)55-51)39-27-21-37(22-28-39)38-23-29-41(30-24-38)52-56-53(44-31-25-35-11-4-6-15-42(35)33-44)58-54(57-52)45-32-26-36-12-5-7-16-43(36)34-45/h1-38H;1-34H. The largest absolute Gasteiger partial charge is 0.247 e. The van der Waals surface area contributed by atoms with E-state index in [9.17, 15) is 0 Å². The van der Waals surface area contributed by atoms with Crippen LogP contribution < -0.4 is 0 Å². The summed E-state index contributed by atoms with van der Waals surface area (Å²) in [6, 6.07) is 153. The lowest BCUT2D eigenvalue weighted by molar-refractivity contribution is 1.07. The minimum Gasteiger partial charge on any atom is -0.247 e. The predicted molar refractivity (Wildman–Crippen MR) is 496 cm³/mol.